The number of benzene rings is 3. The molecular weight excluding hydrogens is 310 g/mol. The zero-order valence-electron chi connectivity index (χ0n) is 14.4. The maximum absolute atomic E-state index is 13.0. The summed E-state index contributed by atoms with van der Waals surface area (Å²) < 4.78 is 0. The Hall–Kier alpha value is -2.65. The molecule has 128 valence electrons. The van der Waals surface area contributed by atoms with Crippen molar-refractivity contribution in [1.82, 2.24) is 0 Å². The molecule has 3 nitrogen and oxygen atoms in total. The van der Waals surface area contributed by atoms with Gasteiger partial charge in [0.05, 0.1) is 0 Å². The fraction of sp³-hybridized carbons (Fsp3) is 0.227. The summed E-state index contributed by atoms with van der Waals surface area (Å²) in [5.41, 5.74) is -0.191. The molecule has 0 saturated heterocycles. The van der Waals surface area contributed by atoms with E-state index in [0.717, 1.165) is 23.6 Å². The molecule has 2 N–H and O–H groups in total. The van der Waals surface area contributed by atoms with Crippen molar-refractivity contribution in [3.05, 3.63) is 78.4 Å². The first-order valence-corrected chi connectivity index (χ1v) is 8.72. The molecule has 0 aromatic heterocycles. The number of unbranched alkanes of at least 4 members (excludes halogenated alkanes) is 1. The topological polar surface area (TPSA) is 49.3 Å². The van der Waals surface area contributed by atoms with Gasteiger partial charge in [-0.3, -0.25) is 4.79 Å². The van der Waals surface area contributed by atoms with Crippen molar-refractivity contribution in [1.29, 1.82) is 0 Å². The van der Waals surface area contributed by atoms with Gasteiger partial charge in [-0.2, -0.15) is 0 Å². The Kier molecular flexibility index (Phi) is 5.15. The number of carbonyl (C=O) groups is 1. The van der Waals surface area contributed by atoms with Crippen molar-refractivity contribution in [2.75, 3.05) is 5.32 Å². The minimum Gasteiger partial charge on any atom is -0.375 e. The van der Waals surface area contributed by atoms with Gasteiger partial charge in [0.25, 0.3) is 5.91 Å². The lowest BCUT2D eigenvalue weighted by molar-refractivity contribution is -0.136. The lowest BCUT2D eigenvalue weighted by atomic mass is 9.87. The molecule has 0 heterocycles. The van der Waals surface area contributed by atoms with Crippen LogP contribution >= 0.6 is 0 Å². The highest BCUT2D eigenvalue weighted by Gasteiger charge is 2.37. The third kappa shape index (κ3) is 3.57. The van der Waals surface area contributed by atoms with Gasteiger partial charge in [-0.05, 0) is 29.9 Å². The highest BCUT2D eigenvalue weighted by Crippen LogP contribution is 2.30. The highest BCUT2D eigenvalue weighted by molar-refractivity contribution is 6.05. The molecule has 0 aliphatic rings. The first-order chi connectivity index (χ1) is 12.1. The van der Waals surface area contributed by atoms with Gasteiger partial charge in [0.1, 0.15) is 0 Å². The zero-order chi connectivity index (χ0) is 17.7. The largest absolute Gasteiger partial charge is 0.375 e. The number of anilines is 1. The Morgan fingerprint density at radius 3 is 2.40 bits per heavy atom. The van der Waals surface area contributed by atoms with Crippen LogP contribution in [0.1, 0.15) is 31.7 Å². The zero-order valence-corrected chi connectivity index (χ0v) is 14.4. The van der Waals surface area contributed by atoms with E-state index in [1.807, 2.05) is 67.6 Å². The smallest absolute Gasteiger partial charge is 0.260 e. The Labute approximate surface area is 148 Å². The molecule has 3 rings (SSSR count). The third-order valence-corrected chi connectivity index (χ3v) is 4.56. The van der Waals surface area contributed by atoms with Gasteiger partial charge in [-0.1, -0.05) is 80.1 Å². The van der Waals surface area contributed by atoms with Gasteiger partial charge in [0.2, 0.25) is 0 Å². The van der Waals surface area contributed by atoms with Gasteiger partial charge in [-0.25, -0.2) is 0 Å². The fourth-order valence-corrected chi connectivity index (χ4v) is 3.10. The van der Waals surface area contributed by atoms with Gasteiger partial charge >= 0.3 is 0 Å². The van der Waals surface area contributed by atoms with E-state index in [1.54, 1.807) is 12.1 Å². The Morgan fingerprint density at radius 2 is 1.64 bits per heavy atom. The van der Waals surface area contributed by atoms with E-state index in [4.69, 9.17) is 0 Å². The number of aliphatic hydroxyl groups is 1. The van der Waals surface area contributed by atoms with E-state index in [1.165, 1.54) is 0 Å². The van der Waals surface area contributed by atoms with Crippen LogP contribution in [0, 0.1) is 0 Å². The van der Waals surface area contributed by atoms with Crippen molar-refractivity contribution < 1.29 is 9.90 Å². The molecule has 0 bridgehead atoms. The maximum atomic E-state index is 13.0. The second-order valence-electron chi connectivity index (χ2n) is 6.31. The molecular formula is C22H23NO2. The second kappa shape index (κ2) is 7.49. The van der Waals surface area contributed by atoms with Crippen molar-refractivity contribution in [3.63, 3.8) is 0 Å². The number of carbonyl (C=O) groups excluding carboxylic acids is 1. The number of hydrogen-bond donors (Lipinski definition) is 2. The van der Waals surface area contributed by atoms with E-state index in [-0.39, 0.29) is 5.91 Å². The Morgan fingerprint density at radius 1 is 0.960 bits per heavy atom. The normalized spacial score (nSPS) is 13.4. The summed E-state index contributed by atoms with van der Waals surface area (Å²) in [6, 6.07) is 22.8. The average Bonchev–Trinajstić information content (AvgIpc) is 2.67. The fourth-order valence-electron chi connectivity index (χ4n) is 3.10. The van der Waals surface area contributed by atoms with Crippen LogP contribution in [0.4, 0.5) is 5.69 Å². The van der Waals surface area contributed by atoms with Gasteiger partial charge < -0.3 is 10.4 Å². The van der Waals surface area contributed by atoms with E-state index in [2.05, 4.69) is 5.32 Å². The molecule has 0 spiro atoms. The molecule has 0 radical (unpaired) electrons. The molecule has 1 unspecified atom stereocenters. The summed E-state index contributed by atoms with van der Waals surface area (Å²) in [7, 11) is 0. The molecule has 0 aliphatic heterocycles. The maximum Gasteiger partial charge on any atom is 0.260 e. The first-order valence-electron chi connectivity index (χ1n) is 8.72. The molecule has 3 heteroatoms. The lowest BCUT2D eigenvalue weighted by Crippen LogP contribution is -2.40. The summed E-state index contributed by atoms with van der Waals surface area (Å²) in [4.78, 5) is 13.0. The monoisotopic (exact) mass is 333 g/mol. The molecule has 1 amide bonds. The summed E-state index contributed by atoms with van der Waals surface area (Å²) in [5, 5.41) is 16.2. The van der Waals surface area contributed by atoms with Crippen LogP contribution in [0.3, 0.4) is 0 Å². The number of amides is 1. The standard InChI is InChI=1S/C22H23NO2/c1-2-3-16-22(25,18-12-5-4-6-13-18)21(24)23-20-15-9-11-17-10-7-8-14-19(17)20/h4-15,25H,2-3,16H2,1H3,(H,23,24). The molecule has 0 fully saturated rings. The van der Waals surface area contributed by atoms with Crippen molar-refractivity contribution in [3.8, 4) is 0 Å². The molecule has 0 aliphatic carbocycles. The van der Waals surface area contributed by atoms with Crippen LogP contribution in [0.5, 0.6) is 0 Å². The number of nitrogens with one attached hydrogen (secondary N) is 1. The first kappa shape index (κ1) is 17.2. The predicted octanol–water partition coefficient (Wildman–Crippen LogP) is 4.86. The van der Waals surface area contributed by atoms with Gasteiger partial charge in [0.15, 0.2) is 5.60 Å². The van der Waals surface area contributed by atoms with Crippen LogP contribution < -0.4 is 5.32 Å². The molecule has 0 saturated carbocycles. The average molecular weight is 333 g/mol. The summed E-state index contributed by atoms with van der Waals surface area (Å²) >= 11 is 0. The second-order valence-corrected chi connectivity index (χ2v) is 6.31. The van der Waals surface area contributed by atoms with Gasteiger partial charge in [-0.15, -0.1) is 0 Å². The van der Waals surface area contributed by atoms with Gasteiger partial charge in [0, 0.05) is 11.1 Å². The predicted molar refractivity (Wildman–Crippen MR) is 102 cm³/mol. The van der Waals surface area contributed by atoms with Crippen LogP contribution in [0.25, 0.3) is 10.8 Å². The van der Waals surface area contributed by atoms with Crippen LogP contribution in [-0.2, 0) is 10.4 Å². The minimum absolute atomic E-state index is 0.386. The van der Waals surface area contributed by atoms with Crippen LogP contribution in [0.2, 0.25) is 0 Å². The summed E-state index contributed by atoms with van der Waals surface area (Å²) in [6.07, 6.45) is 2.08. The van der Waals surface area contributed by atoms with E-state index in [0.29, 0.717) is 17.7 Å². The minimum atomic E-state index is -1.53. The quantitative estimate of drug-likeness (QED) is 0.677. The highest BCUT2D eigenvalue weighted by atomic mass is 16.3. The summed E-state index contributed by atoms with van der Waals surface area (Å²) in [5.74, 6) is -0.386. The van der Waals surface area contributed by atoms with E-state index >= 15 is 0 Å². The Balaban J connectivity index is 1.95. The third-order valence-electron chi connectivity index (χ3n) is 4.56. The van der Waals surface area contributed by atoms with Crippen LogP contribution in [0.15, 0.2) is 72.8 Å². The summed E-state index contributed by atoms with van der Waals surface area (Å²) in [6.45, 7) is 2.05. The van der Waals surface area contributed by atoms with Crippen molar-refractivity contribution >= 4 is 22.4 Å². The molecule has 3 aromatic rings. The van der Waals surface area contributed by atoms with E-state index < -0.39 is 5.60 Å². The van der Waals surface area contributed by atoms with Crippen molar-refractivity contribution in [2.24, 2.45) is 0 Å². The molecule has 1 atom stereocenters. The number of rotatable bonds is 6. The lowest BCUT2D eigenvalue weighted by Gasteiger charge is -2.27. The van der Waals surface area contributed by atoms with Crippen LogP contribution in [-0.4, -0.2) is 11.0 Å². The van der Waals surface area contributed by atoms with Crippen molar-refractivity contribution in [2.45, 2.75) is 31.8 Å². The van der Waals surface area contributed by atoms with E-state index in [9.17, 15) is 9.90 Å². The Bertz CT molecular complexity index is 855. The number of hydrogen-bond acceptors (Lipinski definition) is 2. The number of fused-ring (bicyclic) bond motifs is 1. The molecule has 3 aromatic carbocycles. The SMILES string of the molecule is CCCCC(O)(C(=O)Nc1cccc2ccccc12)c1ccccc1. The molecule has 25 heavy (non-hydrogen) atoms.